The van der Waals surface area contributed by atoms with Crippen LogP contribution in [0.5, 0.6) is 0 Å². The molecule has 0 aromatic carbocycles. The fraction of sp³-hybridized carbons (Fsp3) is 0.750. The van der Waals surface area contributed by atoms with E-state index < -0.39 is 24.0 Å². The van der Waals surface area contributed by atoms with Crippen molar-refractivity contribution in [3.63, 3.8) is 0 Å². The Labute approximate surface area is 134 Å². The molecule has 0 aliphatic carbocycles. The number of carboxylic acid groups (broad SMARTS) is 2. The first-order valence-corrected chi connectivity index (χ1v) is 7.12. The number of hydroxylamine groups is 1. The number of guanidine groups is 1. The predicted octanol–water partition coefficient (Wildman–Crippen LogP) is -2.00. The first kappa shape index (κ1) is 23.3. The molecule has 0 fully saturated rings. The molecule has 11 nitrogen and oxygen atoms in total. The van der Waals surface area contributed by atoms with Gasteiger partial charge in [-0.05, 0) is 38.6 Å². The maximum Gasteiger partial charge on any atom is 0.323 e. The second-order valence-corrected chi connectivity index (χ2v) is 4.70. The summed E-state index contributed by atoms with van der Waals surface area (Å²) in [7, 11) is 0. The lowest BCUT2D eigenvalue weighted by molar-refractivity contribution is -0.142. The number of unbranched alkanes of at least 4 members (excludes halogenated alkanes) is 1. The van der Waals surface area contributed by atoms with E-state index in [-0.39, 0.29) is 5.96 Å². The van der Waals surface area contributed by atoms with Crippen LogP contribution in [0.15, 0.2) is 4.99 Å². The summed E-state index contributed by atoms with van der Waals surface area (Å²) >= 11 is 0. The van der Waals surface area contributed by atoms with Crippen LogP contribution in [0.4, 0.5) is 0 Å². The summed E-state index contributed by atoms with van der Waals surface area (Å²) in [6.07, 6.45) is 2.85. The molecular weight excluding hydrogens is 308 g/mol. The van der Waals surface area contributed by atoms with Gasteiger partial charge in [-0.15, -0.1) is 0 Å². The molecule has 0 saturated carbocycles. The summed E-state index contributed by atoms with van der Waals surface area (Å²) in [5.41, 5.74) is 22.2. The molecule has 2 unspecified atom stereocenters. The quantitative estimate of drug-likeness (QED) is 0.0895. The highest BCUT2D eigenvalue weighted by Crippen LogP contribution is 1.99. The van der Waals surface area contributed by atoms with E-state index in [1.165, 1.54) is 0 Å². The Morgan fingerprint density at radius 2 is 1.65 bits per heavy atom. The van der Waals surface area contributed by atoms with E-state index >= 15 is 0 Å². The van der Waals surface area contributed by atoms with Crippen molar-refractivity contribution in [2.45, 2.75) is 44.2 Å². The van der Waals surface area contributed by atoms with E-state index in [9.17, 15) is 9.59 Å². The van der Waals surface area contributed by atoms with Crippen LogP contribution in [-0.2, 0) is 9.59 Å². The van der Waals surface area contributed by atoms with E-state index in [0.717, 1.165) is 6.42 Å². The van der Waals surface area contributed by atoms with E-state index in [2.05, 4.69) is 4.99 Å². The van der Waals surface area contributed by atoms with E-state index in [4.69, 9.17) is 38.4 Å². The Morgan fingerprint density at radius 1 is 1.04 bits per heavy atom. The van der Waals surface area contributed by atoms with Crippen molar-refractivity contribution < 1.29 is 25.0 Å². The van der Waals surface area contributed by atoms with Gasteiger partial charge in [0.2, 0.25) is 0 Å². The van der Waals surface area contributed by atoms with E-state index in [1.807, 2.05) is 0 Å². The molecule has 0 saturated heterocycles. The van der Waals surface area contributed by atoms with Gasteiger partial charge in [0.15, 0.2) is 5.96 Å². The maximum absolute atomic E-state index is 10.3. The highest BCUT2D eigenvalue weighted by Gasteiger charge is 2.14. The van der Waals surface area contributed by atoms with Gasteiger partial charge in [0.05, 0.1) is 0 Å². The predicted molar refractivity (Wildman–Crippen MR) is 84.8 cm³/mol. The summed E-state index contributed by atoms with van der Waals surface area (Å²) in [5, 5.41) is 25.1. The number of nitrogens with one attached hydrogen (secondary N) is 1. The molecule has 0 bridgehead atoms. The number of aliphatic imine (C=N–C) groups is 1. The van der Waals surface area contributed by atoms with Crippen LogP contribution in [-0.4, -0.2) is 58.5 Å². The van der Waals surface area contributed by atoms with Gasteiger partial charge < -0.3 is 38.4 Å². The molecule has 12 N–H and O–H groups in total. The number of nitrogens with two attached hydrogens (primary N) is 4. The number of nitrogens with zero attached hydrogens (tertiary/aromatic N) is 1. The van der Waals surface area contributed by atoms with Gasteiger partial charge in [-0.25, -0.2) is 0 Å². The molecule has 2 atom stereocenters. The lowest BCUT2D eigenvalue weighted by atomic mass is 10.1. The maximum atomic E-state index is 10.3. The largest absolute Gasteiger partial charge is 0.480 e. The standard InChI is InChI=1S/C6H14N4O2.C6H14N2O3/c7-4(5(11)12)2-1-3-10-6(8)9;7-4-2-1-3-5(8-11)6(9)10/h4H,1-3,7H2,(H,11,12)(H4,8,9,10);5,8,11H,1-4,7H2,(H,9,10). The topological polar surface area (TPSA) is 223 Å². The molecular formula is C12H28N6O5. The van der Waals surface area contributed by atoms with Crippen molar-refractivity contribution in [3.8, 4) is 0 Å². The lowest BCUT2D eigenvalue weighted by Crippen LogP contribution is -2.34. The summed E-state index contributed by atoms with van der Waals surface area (Å²) < 4.78 is 0. The van der Waals surface area contributed by atoms with Crippen LogP contribution in [0.3, 0.4) is 0 Å². The third-order valence-corrected chi connectivity index (χ3v) is 2.69. The molecule has 0 aliphatic rings. The SMILES string of the molecule is NC(N)=NCCCC(N)C(=O)O.NCCCCC(NO)C(=O)O. The third-order valence-electron chi connectivity index (χ3n) is 2.69. The molecule has 23 heavy (non-hydrogen) atoms. The second kappa shape index (κ2) is 15.0. The Bertz CT molecular complexity index is 362. The molecule has 11 heteroatoms. The summed E-state index contributed by atoms with van der Waals surface area (Å²) in [6.45, 7) is 0.973. The molecule has 0 aromatic heterocycles. The fourth-order valence-corrected chi connectivity index (χ4v) is 1.38. The van der Waals surface area contributed by atoms with Crippen molar-refractivity contribution in [2.75, 3.05) is 13.1 Å². The zero-order valence-corrected chi connectivity index (χ0v) is 13.0. The highest BCUT2D eigenvalue weighted by atomic mass is 16.5. The van der Waals surface area contributed by atoms with E-state index in [0.29, 0.717) is 38.8 Å². The van der Waals surface area contributed by atoms with Gasteiger partial charge in [0, 0.05) is 6.54 Å². The van der Waals surface area contributed by atoms with Gasteiger partial charge in [-0.2, -0.15) is 5.48 Å². The van der Waals surface area contributed by atoms with Gasteiger partial charge in [0.1, 0.15) is 12.1 Å². The first-order valence-electron chi connectivity index (χ1n) is 7.12. The number of hydrogen-bond acceptors (Lipinski definition) is 7. The normalized spacial score (nSPS) is 12.5. The minimum Gasteiger partial charge on any atom is -0.480 e. The number of carbonyl (C=O) groups is 2. The van der Waals surface area contributed by atoms with E-state index in [1.54, 1.807) is 5.48 Å². The van der Waals surface area contributed by atoms with Crippen molar-refractivity contribution in [3.05, 3.63) is 0 Å². The first-order chi connectivity index (χ1) is 10.8. The van der Waals surface area contributed by atoms with Crippen LogP contribution in [0.2, 0.25) is 0 Å². The Hall–Kier alpha value is -1.95. The molecule has 0 aliphatic heterocycles. The smallest absolute Gasteiger partial charge is 0.323 e. The van der Waals surface area contributed by atoms with Crippen LogP contribution in [0.1, 0.15) is 32.1 Å². The van der Waals surface area contributed by atoms with Gasteiger partial charge in [-0.1, -0.05) is 0 Å². The number of hydrogen-bond donors (Lipinski definition) is 8. The lowest BCUT2D eigenvalue weighted by Gasteiger charge is -2.08. The minimum absolute atomic E-state index is 0.0129. The zero-order chi connectivity index (χ0) is 18.3. The number of carboxylic acids is 2. The zero-order valence-electron chi connectivity index (χ0n) is 13.0. The summed E-state index contributed by atoms with van der Waals surface area (Å²) in [6, 6.07) is -1.68. The van der Waals surface area contributed by atoms with Gasteiger partial charge >= 0.3 is 11.9 Å². The van der Waals surface area contributed by atoms with Crippen LogP contribution < -0.4 is 28.4 Å². The average molecular weight is 336 g/mol. The fourth-order valence-electron chi connectivity index (χ4n) is 1.38. The monoisotopic (exact) mass is 336 g/mol. The molecule has 0 radical (unpaired) electrons. The third kappa shape index (κ3) is 16.2. The Kier molecular flexibility index (Phi) is 15.2. The summed E-state index contributed by atoms with van der Waals surface area (Å²) in [4.78, 5) is 24.2. The van der Waals surface area contributed by atoms with Gasteiger partial charge in [-0.3, -0.25) is 14.6 Å². The summed E-state index contributed by atoms with van der Waals surface area (Å²) in [5.74, 6) is -2.02. The number of aliphatic carboxylic acids is 2. The van der Waals surface area contributed by atoms with Gasteiger partial charge in [0.25, 0.3) is 0 Å². The minimum atomic E-state index is -1.04. The molecule has 0 aromatic rings. The van der Waals surface area contributed by atoms with Crippen molar-refractivity contribution >= 4 is 17.9 Å². The Morgan fingerprint density at radius 3 is 2.04 bits per heavy atom. The molecule has 0 amide bonds. The number of rotatable bonds is 11. The second-order valence-electron chi connectivity index (χ2n) is 4.70. The molecule has 136 valence electrons. The highest BCUT2D eigenvalue weighted by molar-refractivity contribution is 5.75. The van der Waals surface area contributed by atoms with Crippen molar-refractivity contribution in [2.24, 2.45) is 27.9 Å². The van der Waals surface area contributed by atoms with Crippen molar-refractivity contribution in [1.82, 2.24) is 5.48 Å². The van der Waals surface area contributed by atoms with Crippen molar-refractivity contribution in [1.29, 1.82) is 0 Å². The van der Waals surface area contributed by atoms with Crippen LogP contribution >= 0.6 is 0 Å². The molecule has 0 spiro atoms. The molecule has 0 heterocycles. The molecule has 0 rings (SSSR count). The average Bonchev–Trinajstić information content (AvgIpc) is 2.48. The Balaban J connectivity index is 0. The van der Waals surface area contributed by atoms with Crippen LogP contribution in [0, 0.1) is 0 Å². The van der Waals surface area contributed by atoms with Crippen LogP contribution in [0.25, 0.3) is 0 Å².